The third kappa shape index (κ3) is 6.21. The molecule has 1 aromatic carbocycles. The largest absolute Gasteiger partial charge is 0.453 e. The summed E-state index contributed by atoms with van der Waals surface area (Å²) in [6, 6.07) is 6.24. The van der Waals surface area contributed by atoms with Crippen LogP contribution in [0.1, 0.15) is 31.4 Å². The van der Waals surface area contributed by atoms with Gasteiger partial charge in [0.2, 0.25) is 0 Å². The van der Waals surface area contributed by atoms with E-state index in [9.17, 15) is 9.59 Å². The van der Waals surface area contributed by atoms with Gasteiger partial charge in [-0.25, -0.2) is 0 Å². The summed E-state index contributed by atoms with van der Waals surface area (Å²) in [6.07, 6.45) is -0.439. The summed E-state index contributed by atoms with van der Waals surface area (Å²) in [5.74, 6) is 0.0430. The topological polar surface area (TPSA) is 55.4 Å². The normalized spacial score (nSPS) is 11.8. The number of aryl methyl sites for hydroxylation is 2. The average molecular weight is 309 g/mol. The second-order valence-corrected chi connectivity index (χ2v) is 6.04. The Balaban J connectivity index is 2.33. The second kappa shape index (κ2) is 8.72. The zero-order valence-corrected chi connectivity index (χ0v) is 13.9. The lowest BCUT2D eigenvalue weighted by molar-refractivity contribution is -0.154. The van der Waals surface area contributed by atoms with E-state index in [-0.39, 0.29) is 11.9 Å². The van der Waals surface area contributed by atoms with E-state index in [2.05, 4.69) is 37.4 Å². The molecule has 1 amide bonds. The zero-order valence-electron chi connectivity index (χ0n) is 13.1. The number of benzene rings is 1. The first-order chi connectivity index (χ1) is 9.93. The number of hydrogen-bond donors (Lipinski definition) is 1. The zero-order chi connectivity index (χ0) is 15.8. The molecule has 0 saturated heterocycles. The van der Waals surface area contributed by atoms with Gasteiger partial charge < -0.3 is 10.1 Å². The first kappa shape index (κ1) is 17.6. The molecule has 4 nitrogen and oxygen atoms in total. The van der Waals surface area contributed by atoms with E-state index in [4.69, 9.17) is 4.74 Å². The van der Waals surface area contributed by atoms with Crippen molar-refractivity contribution in [3.63, 3.8) is 0 Å². The van der Waals surface area contributed by atoms with Gasteiger partial charge in [0.1, 0.15) is 0 Å². The van der Waals surface area contributed by atoms with Crippen LogP contribution in [-0.2, 0) is 14.3 Å². The Morgan fingerprint density at radius 3 is 2.62 bits per heavy atom. The van der Waals surface area contributed by atoms with Crippen molar-refractivity contribution in [1.82, 2.24) is 5.32 Å². The van der Waals surface area contributed by atoms with E-state index in [1.807, 2.05) is 6.92 Å². The summed E-state index contributed by atoms with van der Waals surface area (Å²) in [4.78, 5) is 24.2. The van der Waals surface area contributed by atoms with E-state index < -0.39 is 6.10 Å². The fourth-order valence-corrected chi connectivity index (χ4v) is 2.61. The first-order valence-corrected chi connectivity index (χ1v) is 8.09. The molecule has 0 unspecified atom stereocenters. The van der Waals surface area contributed by atoms with Crippen molar-refractivity contribution in [3.8, 4) is 0 Å². The lowest BCUT2D eigenvalue weighted by atomic mass is 10.1. The molecule has 21 heavy (non-hydrogen) atoms. The van der Waals surface area contributed by atoms with Gasteiger partial charge in [0.15, 0.2) is 6.10 Å². The lowest BCUT2D eigenvalue weighted by Crippen LogP contribution is -2.35. The van der Waals surface area contributed by atoms with Crippen LogP contribution in [0.25, 0.3) is 0 Å². The minimum atomic E-state index is -0.732. The quantitative estimate of drug-likeness (QED) is 0.621. The monoisotopic (exact) mass is 309 g/mol. The smallest absolute Gasteiger partial charge is 0.307 e. The predicted molar refractivity (Wildman–Crippen MR) is 85.5 cm³/mol. The molecule has 1 N–H and O–H groups in total. The summed E-state index contributed by atoms with van der Waals surface area (Å²) >= 11 is 1.62. The van der Waals surface area contributed by atoms with E-state index in [0.717, 1.165) is 4.90 Å². The highest BCUT2D eigenvalue weighted by Crippen LogP contribution is 2.21. The van der Waals surface area contributed by atoms with Gasteiger partial charge in [-0.1, -0.05) is 6.07 Å². The van der Waals surface area contributed by atoms with Crippen LogP contribution >= 0.6 is 11.8 Å². The number of amides is 1. The van der Waals surface area contributed by atoms with Crippen LogP contribution in [0.5, 0.6) is 0 Å². The summed E-state index contributed by atoms with van der Waals surface area (Å²) in [5, 5.41) is 2.62. The Labute approximate surface area is 130 Å². The van der Waals surface area contributed by atoms with Crippen molar-refractivity contribution < 1.29 is 14.3 Å². The highest BCUT2D eigenvalue weighted by atomic mass is 32.2. The molecule has 5 heteroatoms. The standard InChI is InChI=1S/C16H23NO3S/c1-5-17-16(19)13(4)20-15(18)8-9-21-14-7-6-11(2)12(3)10-14/h6-7,10,13H,5,8-9H2,1-4H3,(H,17,19)/t13-/m1/s1. The van der Waals surface area contributed by atoms with Crippen LogP contribution in [0.4, 0.5) is 0 Å². The number of carbonyl (C=O) groups excluding carboxylic acids is 2. The van der Waals surface area contributed by atoms with E-state index in [1.165, 1.54) is 11.1 Å². The highest BCUT2D eigenvalue weighted by Gasteiger charge is 2.16. The Bertz CT molecular complexity index is 502. The molecule has 0 saturated carbocycles. The molecule has 1 atom stereocenters. The Morgan fingerprint density at radius 2 is 2.00 bits per heavy atom. The number of rotatable bonds is 7. The van der Waals surface area contributed by atoms with Gasteiger partial charge in [-0.15, -0.1) is 11.8 Å². The maximum Gasteiger partial charge on any atom is 0.307 e. The van der Waals surface area contributed by atoms with Gasteiger partial charge in [-0.3, -0.25) is 9.59 Å². The van der Waals surface area contributed by atoms with Crippen LogP contribution in [-0.4, -0.2) is 30.3 Å². The van der Waals surface area contributed by atoms with Crippen molar-refractivity contribution in [3.05, 3.63) is 29.3 Å². The minimum absolute atomic E-state index is 0.257. The molecule has 0 radical (unpaired) electrons. The molecule has 0 aliphatic carbocycles. The molecule has 116 valence electrons. The molecule has 0 aromatic heterocycles. The third-order valence-corrected chi connectivity index (χ3v) is 4.08. The van der Waals surface area contributed by atoms with Crippen LogP contribution in [0.3, 0.4) is 0 Å². The molecule has 1 rings (SSSR count). The van der Waals surface area contributed by atoms with Crippen LogP contribution in [0, 0.1) is 13.8 Å². The molecule has 0 fully saturated rings. The Morgan fingerprint density at radius 1 is 1.29 bits per heavy atom. The highest BCUT2D eigenvalue weighted by molar-refractivity contribution is 7.99. The molecule has 0 bridgehead atoms. The Hall–Kier alpha value is -1.49. The fraction of sp³-hybridized carbons (Fsp3) is 0.500. The van der Waals surface area contributed by atoms with Crippen LogP contribution in [0.2, 0.25) is 0 Å². The summed E-state index contributed by atoms with van der Waals surface area (Å²) in [6.45, 7) is 8.08. The number of esters is 1. The van der Waals surface area contributed by atoms with Crippen LogP contribution < -0.4 is 5.32 Å². The third-order valence-electron chi connectivity index (χ3n) is 3.08. The molecule has 0 aliphatic rings. The summed E-state index contributed by atoms with van der Waals surface area (Å²) in [5.41, 5.74) is 2.50. The predicted octanol–water partition coefficient (Wildman–Crippen LogP) is 2.85. The number of carbonyl (C=O) groups is 2. The van der Waals surface area contributed by atoms with Gasteiger partial charge in [0.25, 0.3) is 5.91 Å². The van der Waals surface area contributed by atoms with E-state index >= 15 is 0 Å². The second-order valence-electron chi connectivity index (χ2n) is 4.87. The maximum atomic E-state index is 11.7. The van der Waals surface area contributed by atoms with E-state index in [1.54, 1.807) is 18.7 Å². The number of nitrogens with one attached hydrogen (secondary N) is 1. The molecular formula is C16H23NO3S. The van der Waals surface area contributed by atoms with Gasteiger partial charge in [-0.05, 0) is 51.0 Å². The molecule has 0 heterocycles. The summed E-state index contributed by atoms with van der Waals surface area (Å²) < 4.78 is 5.08. The van der Waals surface area contributed by atoms with Gasteiger partial charge in [0, 0.05) is 17.2 Å². The summed E-state index contributed by atoms with van der Waals surface area (Å²) in [7, 11) is 0. The lowest BCUT2D eigenvalue weighted by Gasteiger charge is -2.12. The van der Waals surface area contributed by atoms with E-state index in [0.29, 0.717) is 18.7 Å². The number of hydrogen-bond acceptors (Lipinski definition) is 4. The van der Waals surface area contributed by atoms with Crippen molar-refractivity contribution in [2.24, 2.45) is 0 Å². The molecule has 0 aliphatic heterocycles. The minimum Gasteiger partial charge on any atom is -0.453 e. The fourth-order valence-electron chi connectivity index (χ4n) is 1.68. The van der Waals surface area contributed by atoms with Gasteiger partial charge in [0.05, 0.1) is 6.42 Å². The average Bonchev–Trinajstić information content (AvgIpc) is 2.43. The van der Waals surface area contributed by atoms with Crippen LogP contribution in [0.15, 0.2) is 23.1 Å². The molecular weight excluding hydrogens is 286 g/mol. The number of likely N-dealkylation sites (N-methyl/N-ethyl adjacent to an activating group) is 1. The van der Waals surface area contributed by atoms with Gasteiger partial charge >= 0.3 is 5.97 Å². The number of ether oxygens (including phenoxy) is 1. The first-order valence-electron chi connectivity index (χ1n) is 7.11. The van der Waals surface area contributed by atoms with Crippen molar-refractivity contribution >= 4 is 23.6 Å². The number of thioether (sulfide) groups is 1. The van der Waals surface area contributed by atoms with Crippen molar-refractivity contribution in [2.75, 3.05) is 12.3 Å². The molecule has 1 aromatic rings. The van der Waals surface area contributed by atoms with Crippen molar-refractivity contribution in [1.29, 1.82) is 0 Å². The SMILES string of the molecule is CCNC(=O)[C@@H](C)OC(=O)CCSc1ccc(C)c(C)c1. The van der Waals surface area contributed by atoms with Gasteiger partial charge in [-0.2, -0.15) is 0 Å². The van der Waals surface area contributed by atoms with Crippen molar-refractivity contribution in [2.45, 2.75) is 45.1 Å². The maximum absolute atomic E-state index is 11.7. The Kier molecular flexibility index (Phi) is 7.29. The molecule has 0 spiro atoms.